The molecule has 0 saturated carbocycles. The number of carbonyl (C=O) groups excluding carboxylic acids is 4. The van der Waals surface area contributed by atoms with Gasteiger partial charge in [-0.2, -0.15) is 0 Å². The van der Waals surface area contributed by atoms with E-state index in [0.29, 0.717) is 65.6 Å². The van der Waals surface area contributed by atoms with E-state index < -0.39 is 33.4 Å². The van der Waals surface area contributed by atoms with Crippen LogP contribution in [0, 0.1) is 0 Å². The van der Waals surface area contributed by atoms with Crippen molar-refractivity contribution >= 4 is 33.5 Å². The number of rotatable bonds is 15. The lowest BCUT2D eigenvalue weighted by Crippen LogP contribution is -2.52. The van der Waals surface area contributed by atoms with E-state index in [1.807, 2.05) is 19.1 Å². The van der Waals surface area contributed by atoms with Crippen LogP contribution in [0.2, 0.25) is 0 Å². The normalized spacial score (nSPS) is 22.0. The first-order chi connectivity index (χ1) is 30.4. The molecule has 8 rings (SSSR count). The Hall–Kier alpha value is -4.63. The minimum atomic E-state index is -3.59. The smallest absolute Gasteiger partial charge is 0.262 e. The lowest BCUT2D eigenvalue weighted by molar-refractivity contribution is -0.134. The van der Waals surface area contributed by atoms with Crippen molar-refractivity contribution in [3.05, 3.63) is 94.0 Å². The Bertz CT molecular complexity index is 2260. The van der Waals surface area contributed by atoms with Gasteiger partial charge in [-0.3, -0.25) is 29.4 Å². The van der Waals surface area contributed by atoms with Crippen molar-refractivity contribution in [3.63, 3.8) is 0 Å². The Morgan fingerprint density at radius 2 is 1.37 bits per heavy atom. The number of ether oxygens (including phenoxy) is 2. The predicted octanol–water partition coefficient (Wildman–Crippen LogP) is 5.74. The molecule has 1 unspecified atom stereocenters. The highest BCUT2D eigenvalue weighted by atomic mass is 32.2. The Morgan fingerprint density at radius 1 is 0.730 bits per heavy atom. The largest absolute Gasteiger partial charge is 0.493 e. The third-order valence-electron chi connectivity index (χ3n) is 14.2. The molecule has 1 N–H and O–H groups in total. The maximum absolute atomic E-state index is 13.9. The van der Waals surface area contributed by atoms with Crippen LogP contribution in [0.25, 0.3) is 0 Å². The van der Waals surface area contributed by atoms with Gasteiger partial charge >= 0.3 is 0 Å². The molecular weight excluding hydrogens is 819 g/mol. The van der Waals surface area contributed by atoms with E-state index >= 15 is 0 Å². The quantitative estimate of drug-likeness (QED) is 0.187. The molecule has 3 aromatic carbocycles. The average molecular weight is 882 g/mol. The molecule has 0 aliphatic carbocycles. The summed E-state index contributed by atoms with van der Waals surface area (Å²) >= 11 is 0. The standard InChI is InChI=1S/C49H63N5O8S/c1-4-62-45-31-37(12-15-44(45)61-2)43(32-63(3,59)60)54-48(57)41-13-7-33(30-42(41)49(54)58)6-5-23-51-24-19-38(20-25-51)53-28-21-39(22-29-53)52-26-17-35(18-27-52)34-8-10-36(11-9-34)40-14-16-46(55)50-47(40)56/h7-13,15,30-31,35,38-40,43H,4-6,14,16-29,32H2,1-3H3,(H,50,55,56)/t40?,43-/m1/s1. The van der Waals surface area contributed by atoms with Gasteiger partial charge in [0.15, 0.2) is 11.5 Å². The van der Waals surface area contributed by atoms with Gasteiger partial charge in [-0.15, -0.1) is 0 Å². The van der Waals surface area contributed by atoms with Crippen molar-refractivity contribution in [2.45, 2.75) is 101 Å². The summed E-state index contributed by atoms with van der Waals surface area (Å²) in [6.45, 7) is 9.92. The van der Waals surface area contributed by atoms with E-state index in [2.05, 4.69) is 44.3 Å². The van der Waals surface area contributed by atoms with Gasteiger partial charge in [0.05, 0.1) is 42.6 Å². The van der Waals surface area contributed by atoms with Gasteiger partial charge in [-0.05, 0) is 163 Å². The average Bonchev–Trinajstić information content (AvgIpc) is 3.53. The number of nitrogens with zero attached hydrogens (tertiary/aromatic N) is 4. The maximum atomic E-state index is 13.9. The Balaban J connectivity index is 0.768. The summed E-state index contributed by atoms with van der Waals surface area (Å²) in [6.07, 6.45) is 11.0. The molecule has 5 aliphatic heterocycles. The maximum Gasteiger partial charge on any atom is 0.262 e. The first-order valence-corrected chi connectivity index (χ1v) is 25.1. The van der Waals surface area contributed by atoms with Gasteiger partial charge in [-0.25, -0.2) is 8.42 Å². The van der Waals surface area contributed by atoms with Gasteiger partial charge in [0.1, 0.15) is 9.84 Å². The first kappa shape index (κ1) is 45.0. The number of hydrogen-bond donors (Lipinski definition) is 1. The number of sulfone groups is 1. The van der Waals surface area contributed by atoms with Crippen LogP contribution in [0.4, 0.5) is 0 Å². The number of nitrogens with one attached hydrogen (secondary N) is 1. The molecule has 4 fully saturated rings. The fourth-order valence-electron chi connectivity index (χ4n) is 10.8. The Labute approximate surface area is 372 Å². The fraction of sp³-hybridized carbons (Fsp3) is 0.551. The number of aryl methyl sites for hydroxylation is 1. The number of hydrogen-bond acceptors (Lipinski definition) is 11. The molecular formula is C49H63N5O8S. The molecule has 0 aromatic heterocycles. The van der Waals surface area contributed by atoms with Crippen LogP contribution in [-0.4, -0.2) is 135 Å². The van der Waals surface area contributed by atoms with Gasteiger partial charge in [0, 0.05) is 24.8 Å². The number of carbonyl (C=O) groups is 4. The lowest BCUT2D eigenvalue weighted by Gasteiger charge is -2.45. The van der Waals surface area contributed by atoms with Crippen molar-refractivity contribution in [3.8, 4) is 11.5 Å². The van der Waals surface area contributed by atoms with Crippen LogP contribution in [0.3, 0.4) is 0 Å². The van der Waals surface area contributed by atoms with Gasteiger partial charge in [-0.1, -0.05) is 36.4 Å². The summed E-state index contributed by atoms with van der Waals surface area (Å²) in [5, 5.41) is 2.48. The fourth-order valence-corrected chi connectivity index (χ4v) is 11.7. The third kappa shape index (κ3) is 10.3. The van der Waals surface area contributed by atoms with Crippen molar-refractivity contribution in [2.75, 3.05) is 71.5 Å². The number of imide groups is 2. The molecule has 0 radical (unpaired) electrons. The SMILES string of the molecule is CCOc1cc([C@@H](CS(C)(=O)=O)N2C(=O)c3ccc(CCCN4CCC(N5CCC(N6CCC(c7ccc(C8CCC(=O)NC8=O)cc7)CC6)CC5)CC4)cc3C2=O)ccc1OC. The molecule has 0 spiro atoms. The molecule has 13 nitrogen and oxygen atoms in total. The van der Waals surface area contributed by atoms with Gasteiger partial charge in [0.25, 0.3) is 11.8 Å². The lowest BCUT2D eigenvalue weighted by atomic mass is 9.85. The third-order valence-corrected chi connectivity index (χ3v) is 15.2. The summed E-state index contributed by atoms with van der Waals surface area (Å²) in [7, 11) is -2.07. The van der Waals surface area contributed by atoms with Crippen molar-refractivity contribution in [1.29, 1.82) is 0 Å². The molecule has 63 heavy (non-hydrogen) atoms. The highest BCUT2D eigenvalue weighted by Crippen LogP contribution is 2.38. The summed E-state index contributed by atoms with van der Waals surface area (Å²) in [5.41, 5.74) is 4.45. The minimum absolute atomic E-state index is 0.174. The van der Waals surface area contributed by atoms with Crippen molar-refractivity contribution < 1.29 is 37.1 Å². The zero-order valence-corrected chi connectivity index (χ0v) is 37.9. The van der Waals surface area contributed by atoms with E-state index in [4.69, 9.17) is 9.47 Å². The topological polar surface area (TPSA) is 146 Å². The highest BCUT2D eigenvalue weighted by Gasteiger charge is 2.42. The monoisotopic (exact) mass is 881 g/mol. The van der Waals surface area contributed by atoms with Crippen LogP contribution in [0.5, 0.6) is 11.5 Å². The molecule has 0 bridgehead atoms. The second kappa shape index (κ2) is 19.6. The summed E-state index contributed by atoms with van der Waals surface area (Å²) in [6, 6.07) is 19.3. The van der Waals surface area contributed by atoms with E-state index in [0.717, 1.165) is 93.8 Å². The zero-order chi connectivity index (χ0) is 44.3. The van der Waals surface area contributed by atoms with Crippen LogP contribution in [0.15, 0.2) is 60.7 Å². The molecule has 2 atom stereocenters. The minimum Gasteiger partial charge on any atom is -0.493 e. The van der Waals surface area contributed by atoms with Crippen molar-refractivity contribution in [1.82, 2.24) is 24.9 Å². The van der Waals surface area contributed by atoms with Crippen molar-refractivity contribution in [2.24, 2.45) is 0 Å². The Kier molecular flexibility index (Phi) is 14.0. The number of likely N-dealkylation sites (tertiary alicyclic amines) is 3. The highest BCUT2D eigenvalue weighted by molar-refractivity contribution is 7.90. The van der Waals surface area contributed by atoms with E-state index in [1.165, 1.54) is 38.4 Å². The van der Waals surface area contributed by atoms with E-state index in [1.54, 1.807) is 24.3 Å². The number of benzene rings is 3. The van der Waals surface area contributed by atoms with Crippen LogP contribution in [-0.2, 0) is 25.8 Å². The van der Waals surface area contributed by atoms with Crippen LogP contribution >= 0.6 is 0 Å². The molecule has 3 aromatic rings. The molecule has 14 heteroatoms. The molecule has 4 saturated heterocycles. The number of methoxy groups -OCH3 is 1. The molecule has 338 valence electrons. The van der Waals surface area contributed by atoms with Crippen LogP contribution in [0.1, 0.15) is 126 Å². The van der Waals surface area contributed by atoms with Crippen LogP contribution < -0.4 is 14.8 Å². The summed E-state index contributed by atoms with van der Waals surface area (Å²) in [4.78, 5) is 60.7. The van der Waals surface area contributed by atoms with Gasteiger partial charge in [0.2, 0.25) is 11.8 Å². The summed E-state index contributed by atoms with van der Waals surface area (Å²) < 4.78 is 36.4. The summed E-state index contributed by atoms with van der Waals surface area (Å²) in [5.74, 6) is -0.526. The Morgan fingerprint density at radius 3 is 2.00 bits per heavy atom. The van der Waals surface area contributed by atoms with E-state index in [-0.39, 0.29) is 17.7 Å². The predicted molar refractivity (Wildman–Crippen MR) is 241 cm³/mol. The van der Waals surface area contributed by atoms with Gasteiger partial charge < -0.3 is 24.2 Å². The number of amides is 4. The second-order valence-electron chi connectivity index (χ2n) is 18.2. The molecule has 5 heterocycles. The van der Waals surface area contributed by atoms with E-state index in [9.17, 15) is 27.6 Å². The number of piperidine rings is 4. The second-order valence-corrected chi connectivity index (χ2v) is 20.4. The first-order valence-electron chi connectivity index (χ1n) is 23.0. The molecule has 5 aliphatic rings. The zero-order valence-electron chi connectivity index (χ0n) is 37.1. The number of fused-ring (bicyclic) bond motifs is 1. The molecule has 4 amide bonds.